The number of ether oxygens (including phenoxy) is 10. The fourth-order valence-corrected chi connectivity index (χ4v) is 15.7. The van der Waals surface area contributed by atoms with Gasteiger partial charge in [-0.05, 0) is 45.4 Å². The maximum Gasteiger partial charge on any atom is 0.364 e. The number of aliphatic carboxylic acids is 2. The van der Waals surface area contributed by atoms with Crippen LogP contribution in [-0.2, 0) is 76.1 Å². The van der Waals surface area contributed by atoms with E-state index >= 15 is 0 Å². The minimum absolute atomic E-state index is 0.130. The minimum Gasteiger partial charge on any atom is -0.477 e. The molecule has 116 heavy (non-hydrogen) atoms. The van der Waals surface area contributed by atoms with Crippen LogP contribution in [0.5, 0.6) is 0 Å². The molecule has 0 bridgehead atoms. The van der Waals surface area contributed by atoms with Gasteiger partial charge in [-0.2, -0.15) is 0 Å². The number of carbonyl (C=O) groups is 6. The highest BCUT2D eigenvalue weighted by atomic mass is 16.8. The highest BCUT2D eigenvalue weighted by Gasteiger charge is 2.64. The van der Waals surface area contributed by atoms with Crippen molar-refractivity contribution in [3.8, 4) is 0 Å². The molecule has 0 spiro atoms. The number of Topliss-reactive ketones (excluding diaryl/α,β-unsaturated/α-hetero) is 1. The summed E-state index contributed by atoms with van der Waals surface area (Å²) in [6.45, 7) is 0.759. The van der Waals surface area contributed by atoms with E-state index in [1.807, 2.05) is 0 Å². The van der Waals surface area contributed by atoms with Crippen molar-refractivity contribution >= 4 is 35.4 Å². The van der Waals surface area contributed by atoms with Crippen molar-refractivity contribution < 1.29 is 168 Å². The molecule has 0 saturated carbocycles. The molecule has 0 aromatic rings. The molecule has 37 nitrogen and oxygen atoms in total. The number of nitrogens with one attached hydrogen (secondary N) is 3. The zero-order chi connectivity index (χ0) is 85.8. The van der Waals surface area contributed by atoms with Crippen LogP contribution in [0.1, 0.15) is 234 Å². The second kappa shape index (κ2) is 52.9. The molecule has 21 N–H and O–H groups in total. The molecule has 5 saturated heterocycles. The molecule has 0 radical (unpaired) electrons. The summed E-state index contributed by atoms with van der Waals surface area (Å²) >= 11 is 0. The number of ketones is 1. The summed E-state index contributed by atoms with van der Waals surface area (Å²) in [6.07, 6.45) is -19.9. The lowest BCUT2D eigenvalue weighted by atomic mass is 9.86. The van der Waals surface area contributed by atoms with Gasteiger partial charge in [0.25, 0.3) is 11.6 Å². The molecule has 37 heteroatoms. The number of carboxylic acids is 2. The van der Waals surface area contributed by atoms with Crippen molar-refractivity contribution in [2.75, 3.05) is 39.6 Å². The van der Waals surface area contributed by atoms with Gasteiger partial charge in [0.15, 0.2) is 18.9 Å². The van der Waals surface area contributed by atoms with Crippen LogP contribution in [0.3, 0.4) is 0 Å². The topological polar surface area (TPSA) is 595 Å². The summed E-state index contributed by atoms with van der Waals surface area (Å²) in [4.78, 5) is 79.2. The van der Waals surface area contributed by atoms with Crippen LogP contribution in [0.2, 0.25) is 0 Å². The first kappa shape index (κ1) is 102. The Labute approximate surface area is 679 Å². The zero-order valence-corrected chi connectivity index (χ0v) is 68.0. The predicted molar refractivity (Wildman–Crippen MR) is 408 cm³/mol. The molecule has 0 aromatic carbocycles. The van der Waals surface area contributed by atoms with Gasteiger partial charge in [-0.15, -0.1) is 0 Å². The van der Waals surface area contributed by atoms with Crippen molar-refractivity contribution in [2.24, 2.45) is 5.92 Å². The monoisotopic (exact) mass is 1670 g/mol. The Hall–Kier alpha value is -4.28. The standard InChI is InChI=1S/C79H139N3O34/c1-6-8-10-12-14-16-18-20-21-23-25-27-29-31-33-35-58(95)82-49(50(91)34-32-30-28-26-24-22-19-17-15-13-11-9-7-2)44-107-74-66(101)65(100)68(56(42-86)109-74)111-75-67(102)72(69(57(43-87)110-75)112-73-48(36-45(3)88)61(96)63(98)54(40-84)108-73)116-79(77(105)106)38-52(93)60(81-47(5)90)71(115-79)64(99)55(41-85)113-78(76(103)104)37-51(92)59(80-46(4)89)70(114-78)62(97)53(94)39-83/h16,18,48-57,59-75,83-87,91-94,96-102H,6-15,17,19-44H2,1-5H3,(H,80,89)(H,81,90)(H,82,95)(H,103,104)(H,105,106)/b18-16-/t48-,49+,50-,51+,52+,53-,54-,55-,56-,57-,59-,60-,61-,62-,63+,64-,65-,66-,67-,68-,69+,70?,71?,72-,73+,74-,75+,78-,79+/m1/s1. The summed E-state index contributed by atoms with van der Waals surface area (Å²) in [5, 5.41) is 211. The average molecular weight is 1670 g/mol. The second-order valence-electron chi connectivity index (χ2n) is 31.8. The predicted octanol–water partition coefficient (Wildman–Crippen LogP) is -0.602. The van der Waals surface area contributed by atoms with E-state index < -0.39 is 265 Å². The summed E-state index contributed by atoms with van der Waals surface area (Å²) in [6, 6.07) is -4.87. The number of unbranched alkanes of at least 4 members (excludes halogenated alkanes) is 23. The summed E-state index contributed by atoms with van der Waals surface area (Å²) in [5.74, 6) is -15.9. The molecule has 29 atom stereocenters. The van der Waals surface area contributed by atoms with Gasteiger partial charge in [-0.25, -0.2) is 9.59 Å². The number of allylic oxidation sites excluding steroid dienone is 2. The van der Waals surface area contributed by atoms with E-state index in [-0.39, 0.29) is 18.7 Å². The summed E-state index contributed by atoms with van der Waals surface area (Å²) in [5.41, 5.74) is 0. The van der Waals surface area contributed by atoms with Crippen LogP contribution >= 0.6 is 0 Å². The van der Waals surface area contributed by atoms with Gasteiger partial charge in [0.2, 0.25) is 17.7 Å². The van der Waals surface area contributed by atoms with Gasteiger partial charge in [-0.1, -0.05) is 161 Å². The van der Waals surface area contributed by atoms with Crippen molar-refractivity contribution in [2.45, 2.75) is 404 Å². The van der Waals surface area contributed by atoms with Gasteiger partial charge in [0, 0.05) is 45.4 Å². The van der Waals surface area contributed by atoms with E-state index in [4.69, 9.17) is 47.4 Å². The van der Waals surface area contributed by atoms with Crippen molar-refractivity contribution in [3.05, 3.63) is 12.2 Å². The fraction of sp³-hybridized carbons (Fsp3) is 0.899. The fourth-order valence-electron chi connectivity index (χ4n) is 15.7. The largest absolute Gasteiger partial charge is 0.477 e. The normalized spacial score (nSPS) is 33.3. The number of hydrogen-bond donors (Lipinski definition) is 21. The molecule has 674 valence electrons. The molecule has 5 aliphatic heterocycles. The smallest absolute Gasteiger partial charge is 0.364 e. The number of aliphatic hydroxyl groups excluding tert-OH is 16. The van der Waals surface area contributed by atoms with Gasteiger partial charge in [0.05, 0.1) is 82.2 Å². The lowest BCUT2D eigenvalue weighted by molar-refractivity contribution is -0.404. The van der Waals surface area contributed by atoms with Crippen molar-refractivity contribution in [1.29, 1.82) is 0 Å². The molecule has 5 heterocycles. The van der Waals surface area contributed by atoms with E-state index in [1.165, 1.54) is 70.6 Å². The first-order valence-electron chi connectivity index (χ1n) is 41.9. The maximum absolute atomic E-state index is 14.2. The van der Waals surface area contributed by atoms with Crippen molar-refractivity contribution in [1.82, 2.24) is 16.0 Å². The lowest BCUT2D eigenvalue weighted by Crippen LogP contribution is -2.72. The Morgan fingerprint density at radius 3 is 1.44 bits per heavy atom. The highest BCUT2D eigenvalue weighted by molar-refractivity contribution is 5.78. The van der Waals surface area contributed by atoms with Crippen LogP contribution < -0.4 is 16.0 Å². The highest BCUT2D eigenvalue weighted by Crippen LogP contribution is 2.43. The summed E-state index contributed by atoms with van der Waals surface area (Å²) in [7, 11) is 0. The third kappa shape index (κ3) is 30.9. The Balaban J connectivity index is 1.44. The van der Waals surface area contributed by atoms with Crippen LogP contribution in [-0.4, -0.2) is 338 Å². The molecule has 5 fully saturated rings. The van der Waals surface area contributed by atoms with Gasteiger partial charge < -0.3 is 160 Å². The van der Waals surface area contributed by atoms with Gasteiger partial charge >= 0.3 is 11.9 Å². The van der Waals surface area contributed by atoms with E-state index in [1.54, 1.807) is 0 Å². The zero-order valence-electron chi connectivity index (χ0n) is 68.0. The first-order chi connectivity index (χ1) is 55.3. The molecule has 2 unspecified atom stereocenters. The molecule has 5 aliphatic rings. The molecule has 5 rings (SSSR count). The Kier molecular flexibility index (Phi) is 46.6. The molecular weight excluding hydrogens is 1530 g/mol. The van der Waals surface area contributed by atoms with Crippen molar-refractivity contribution in [3.63, 3.8) is 0 Å². The van der Waals surface area contributed by atoms with Crippen LogP contribution in [0.25, 0.3) is 0 Å². The average Bonchev–Trinajstić information content (AvgIpc) is 0.751. The number of rotatable bonds is 57. The number of carboxylic acid groups (broad SMARTS) is 2. The first-order valence-corrected chi connectivity index (χ1v) is 41.9. The molecule has 0 aromatic heterocycles. The number of carbonyl (C=O) groups excluding carboxylic acids is 4. The SMILES string of the molecule is CCCCCC/C=C\CCCCCCCCCC(=O)N[C@@H](CO[C@@H]1O[C@H](CO)[C@@H](O[C@@H]2O[C@H](CO)[C@H](O[C@@H]3O[C@H](CO)[C@H](O)[C@H](O)[C@H]3CC(C)=O)[C@H](O[C@]3(C(=O)O)C[C@H](O)[C@@H](NC(C)=O)C([C@H](O)[C@@H](CO)O[C@]4(C(=O)O)C[C@H](O)[C@@H](NC(C)=O)C([C@H](O)[C@H](O)CO)O4)O3)[C@H]2O)[C@H](O)[C@H]1O)[C@H](O)CCCCCCCCCCCCCCC. The summed E-state index contributed by atoms with van der Waals surface area (Å²) < 4.78 is 60.2. The quantitative estimate of drug-likeness (QED) is 0.0267. The molecule has 3 amide bonds. The minimum atomic E-state index is -3.57. The molecule has 0 aliphatic carbocycles. The van der Waals surface area contributed by atoms with Crippen LogP contribution in [0.15, 0.2) is 12.2 Å². The lowest BCUT2D eigenvalue weighted by Gasteiger charge is -2.52. The Bertz CT molecular complexity index is 2860. The number of amides is 3. The third-order valence-corrected chi connectivity index (χ3v) is 22.3. The number of aliphatic hydroxyl groups is 16. The van der Waals surface area contributed by atoms with Crippen LogP contribution in [0, 0.1) is 5.92 Å². The number of hydrogen-bond acceptors (Lipinski definition) is 32. The van der Waals surface area contributed by atoms with Gasteiger partial charge in [0.1, 0.15) is 103 Å². The second-order valence-corrected chi connectivity index (χ2v) is 31.8. The Morgan fingerprint density at radius 1 is 0.483 bits per heavy atom. The van der Waals surface area contributed by atoms with E-state index in [9.17, 15) is 121 Å². The molecular formula is C79H139N3O34. The van der Waals surface area contributed by atoms with E-state index in [0.717, 1.165) is 104 Å². The van der Waals surface area contributed by atoms with E-state index in [2.05, 4.69) is 41.9 Å². The maximum atomic E-state index is 14.2. The van der Waals surface area contributed by atoms with Crippen LogP contribution in [0.4, 0.5) is 0 Å². The van der Waals surface area contributed by atoms with Gasteiger partial charge in [-0.3, -0.25) is 14.4 Å². The third-order valence-electron chi connectivity index (χ3n) is 22.3. The Morgan fingerprint density at radius 2 is 0.940 bits per heavy atom. The van der Waals surface area contributed by atoms with E-state index in [0.29, 0.717) is 12.8 Å².